The van der Waals surface area contributed by atoms with Gasteiger partial charge in [0.25, 0.3) is 0 Å². The van der Waals surface area contributed by atoms with E-state index in [1.54, 1.807) is 12.1 Å². The first-order chi connectivity index (χ1) is 13.3. The predicted molar refractivity (Wildman–Crippen MR) is 94.6 cm³/mol. The van der Waals surface area contributed by atoms with Gasteiger partial charge in [0.15, 0.2) is 12.2 Å². The number of aromatic nitrogens is 2. The molecule has 28 heavy (non-hydrogen) atoms. The fourth-order valence-corrected chi connectivity index (χ4v) is 2.89. The largest absolute Gasteiger partial charge is 0.478 e. The highest BCUT2D eigenvalue weighted by Gasteiger charge is 2.30. The van der Waals surface area contributed by atoms with Gasteiger partial charge in [-0.3, -0.25) is 0 Å². The molecule has 0 unspecified atom stereocenters. The number of pyridine rings is 1. The van der Waals surface area contributed by atoms with Gasteiger partial charge in [0, 0.05) is 16.5 Å². The van der Waals surface area contributed by atoms with Gasteiger partial charge in [-0.25, -0.2) is 14.8 Å². The van der Waals surface area contributed by atoms with Crippen molar-refractivity contribution in [3.8, 4) is 22.6 Å². The second-order valence-electron chi connectivity index (χ2n) is 6.03. The van der Waals surface area contributed by atoms with Crippen molar-refractivity contribution in [2.24, 2.45) is 0 Å². The first-order valence-corrected chi connectivity index (χ1v) is 8.07. The van der Waals surface area contributed by atoms with Gasteiger partial charge in [-0.2, -0.15) is 13.2 Å². The van der Waals surface area contributed by atoms with E-state index in [2.05, 4.69) is 9.97 Å². The van der Waals surface area contributed by atoms with Crippen LogP contribution in [-0.4, -0.2) is 21.0 Å². The molecule has 4 aromatic rings. The van der Waals surface area contributed by atoms with Crippen LogP contribution in [0.5, 0.6) is 0 Å². The Labute approximate surface area is 156 Å². The number of benzene rings is 2. The number of carboxylic acid groups (broad SMARTS) is 1. The lowest BCUT2D eigenvalue weighted by Gasteiger charge is -2.10. The van der Waals surface area contributed by atoms with Crippen LogP contribution in [0.4, 0.5) is 13.2 Å². The molecule has 1 N–H and O–H groups in total. The highest BCUT2D eigenvalue weighted by molar-refractivity contribution is 5.99. The maximum atomic E-state index is 12.8. The molecular weight excluding hydrogens is 373 g/mol. The van der Waals surface area contributed by atoms with Crippen LogP contribution < -0.4 is 0 Å². The Morgan fingerprint density at radius 3 is 2.39 bits per heavy atom. The van der Waals surface area contributed by atoms with Crippen LogP contribution in [0.2, 0.25) is 0 Å². The zero-order valence-electron chi connectivity index (χ0n) is 14.1. The summed E-state index contributed by atoms with van der Waals surface area (Å²) in [6.07, 6.45) is -1.68. The summed E-state index contributed by atoms with van der Waals surface area (Å²) >= 11 is 0. The Hall–Kier alpha value is -3.68. The summed E-state index contributed by atoms with van der Waals surface area (Å²) in [7, 11) is 0. The topological polar surface area (TPSA) is 76.2 Å². The van der Waals surface area contributed by atoms with E-state index in [0.29, 0.717) is 33.5 Å². The fraction of sp³-hybridized carbons (Fsp3) is 0.0500. The molecule has 0 saturated carbocycles. The third kappa shape index (κ3) is 3.20. The van der Waals surface area contributed by atoms with Crippen molar-refractivity contribution < 1.29 is 27.5 Å². The van der Waals surface area contributed by atoms with Gasteiger partial charge < -0.3 is 9.52 Å². The molecule has 2 heterocycles. The number of carboxylic acids is 1. The molecule has 5 nitrogen and oxygen atoms in total. The lowest BCUT2D eigenvalue weighted by Crippen LogP contribution is -2.04. The SMILES string of the molecule is O=C(O)c1ccc2c(-c3cnco3)cc(-c3ccc(C(F)(F)F)cc3)nc2c1. The van der Waals surface area contributed by atoms with E-state index in [4.69, 9.17) is 4.42 Å². The van der Waals surface area contributed by atoms with Gasteiger partial charge in [-0.1, -0.05) is 18.2 Å². The summed E-state index contributed by atoms with van der Waals surface area (Å²) in [6, 6.07) is 10.7. The average molecular weight is 384 g/mol. The summed E-state index contributed by atoms with van der Waals surface area (Å²) in [5.41, 5.74) is 1.11. The molecule has 2 aromatic heterocycles. The molecule has 0 bridgehead atoms. The standard InChI is InChI=1S/C20H11F3N2O3/c21-20(22,23)13-4-1-11(2-5-13)16-8-15(18-9-24-10-28-18)14-6-3-12(19(26)27)7-17(14)25-16/h1-10H,(H,26,27). The molecule has 2 aromatic carbocycles. The van der Waals surface area contributed by atoms with Gasteiger partial charge in [-0.05, 0) is 30.3 Å². The van der Waals surface area contributed by atoms with E-state index in [1.165, 1.54) is 36.9 Å². The number of alkyl halides is 3. The van der Waals surface area contributed by atoms with Gasteiger partial charge in [0.2, 0.25) is 0 Å². The maximum Gasteiger partial charge on any atom is 0.416 e. The second kappa shape index (κ2) is 6.49. The predicted octanol–water partition coefficient (Wildman–Crippen LogP) is 5.27. The van der Waals surface area contributed by atoms with Crippen LogP contribution >= 0.6 is 0 Å². The molecule has 0 fully saturated rings. The quantitative estimate of drug-likeness (QED) is 0.520. The first-order valence-electron chi connectivity index (χ1n) is 8.07. The summed E-state index contributed by atoms with van der Waals surface area (Å²) in [5.74, 6) is -0.673. The number of fused-ring (bicyclic) bond motifs is 1. The lowest BCUT2D eigenvalue weighted by molar-refractivity contribution is -0.137. The Morgan fingerprint density at radius 1 is 1.04 bits per heavy atom. The average Bonchev–Trinajstić information content (AvgIpc) is 3.20. The number of halogens is 3. The Balaban J connectivity index is 1.92. The van der Waals surface area contributed by atoms with Crippen molar-refractivity contribution in [1.29, 1.82) is 0 Å². The highest BCUT2D eigenvalue weighted by Crippen LogP contribution is 2.34. The number of oxazole rings is 1. The van der Waals surface area contributed by atoms with E-state index in [-0.39, 0.29) is 5.56 Å². The van der Waals surface area contributed by atoms with E-state index >= 15 is 0 Å². The minimum absolute atomic E-state index is 0.0492. The van der Waals surface area contributed by atoms with Crippen LogP contribution in [0.3, 0.4) is 0 Å². The molecule has 0 aliphatic heterocycles. The molecular formula is C20H11F3N2O3. The van der Waals surface area contributed by atoms with Gasteiger partial charge >= 0.3 is 12.1 Å². The van der Waals surface area contributed by atoms with Crippen molar-refractivity contribution in [2.45, 2.75) is 6.18 Å². The summed E-state index contributed by atoms with van der Waals surface area (Å²) in [6.45, 7) is 0. The van der Waals surface area contributed by atoms with Crippen molar-refractivity contribution in [2.75, 3.05) is 0 Å². The number of nitrogens with zero attached hydrogens (tertiary/aromatic N) is 2. The minimum atomic E-state index is -4.43. The molecule has 0 atom stereocenters. The van der Waals surface area contributed by atoms with Crippen LogP contribution in [-0.2, 0) is 6.18 Å². The first kappa shape index (κ1) is 17.7. The van der Waals surface area contributed by atoms with E-state index < -0.39 is 17.7 Å². The number of carbonyl (C=O) groups is 1. The molecule has 0 radical (unpaired) electrons. The number of hydrogen-bond donors (Lipinski definition) is 1. The number of rotatable bonds is 3. The van der Waals surface area contributed by atoms with Gasteiger partial charge in [0.1, 0.15) is 0 Å². The van der Waals surface area contributed by atoms with Crippen molar-refractivity contribution in [3.05, 3.63) is 72.2 Å². The van der Waals surface area contributed by atoms with Gasteiger partial charge in [0.05, 0.1) is 28.5 Å². The Morgan fingerprint density at radius 2 is 1.79 bits per heavy atom. The highest BCUT2D eigenvalue weighted by atomic mass is 19.4. The van der Waals surface area contributed by atoms with Crippen molar-refractivity contribution in [3.63, 3.8) is 0 Å². The number of aromatic carboxylic acids is 1. The minimum Gasteiger partial charge on any atom is -0.478 e. The van der Waals surface area contributed by atoms with E-state index in [9.17, 15) is 23.1 Å². The fourth-order valence-electron chi connectivity index (χ4n) is 2.89. The summed E-state index contributed by atoms with van der Waals surface area (Å²) in [4.78, 5) is 19.6. The molecule has 8 heteroatoms. The monoisotopic (exact) mass is 384 g/mol. The molecule has 0 aliphatic carbocycles. The Kier molecular flexibility index (Phi) is 4.11. The van der Waals surface area contributed by atoms with E-state index in [1.807, 2.05) is 0 Å². The number of hydrogen-bond acceptors (Lipinski definition) is 4. The molecule has 4 rings (SSSR count). The third-order valence-electron chi connectivity index (χ3n) is 4.26. The maximum absolute atomic E-state index is 12.8. The molecule has 0 aliphatic rings. The molecule has 0 saturated heterocycles. The Bertz CT molecular complexity index is 1170. The lowest BCUT2D eigenvalue weighted by atomic mass is 10.0. The van der Waals surface area contributed by atoms with Crippen molar-refractivity contribution >= 4 is 16.9 Å². The normalized spacial score (nSPS) is 11.7. The van der Waals surface area contributed by atoms with Crippen LogP contribution in [0.25, 0.3) is 33.5 Å². The summed E-state index contributed by atoms with van der Waals surface area (Å²) < 4.78 is 43.8. The van der Waals surface area contributed by atoms with Crippen LogP contribution in [0.15, 0.2) is 65.5 Å². The van der Waals surface area contributed by atoms with Crippen LogP contribution in [0.1, 0.15) is 15.9 Å². The second-order valence-corrected chi connectivity index (χ2v) is 6.03. The van der Waals surface area contributed by atoms with Crippen molar-refractivity contribution in [1.82, 2.24) is 9.97 Å². The molecule has 140 valence electrons. The zero-order valence-corrected chi connectivity index (χ0v) is 14.1. The molecule has 0 amide bonds. The van der Waals surface area contributed by atoms with Gasteiger partial charge in [-0.15, -0.1) is 0 Å². The smallest absolute Gasteiger partial charge is 0.416 e. The molecule has 0 spiro atoms. The van der Waals surface area contributed by atoms with E-state index in [0.717, 1.165) is 12.1 Å². The summed E-state index contributed by atoms with van der Waals surface area (Å²) in [5, 5.41) is 9.86. The zero-order chi connectivity index (χ0) is 19.9. The third-order valence-corrected chi connectivity index (χ3v) is 4.26. The van der Waals surface area contributed by atoms with Crippen LogP contribution in [0, 0.1) is 0 Å².